The van der Waals surface area contributed by atoms with Gasteiger partial charge in [0.1, 0.15) is 17.3 Å². The molecular formula is C17H20FNO. The van der Waals surface area contributed by atoms with Crippen LogP contribution in [0.25, 0.3) is 0 Å². The van der Waals surface area contributed by atoms with E-state index < -0.39 is 0 Å². The maximum Gasteiger partial charge on any atom is 0.132 e. The van der Waals surface area contributed by atoms with Crippen molar-refractivity contribution in [2.45, 2.75) is 33.7 Å². The minimum Gasteiger partial charge on any atom is -0.457 e. The first-order valence-electron chi connectivity index (χ1n) is 6.69. The van der Waals surface area contributed by atoms with Gasteiger partial charge in [-0.05, 0) is 57.0 Å². The van der Waals surface area contributed by atoms with Gasteiger partial charge in [-0.3, -0.25) is 0 Å². The van der Waals surface area contributed by atoms with Gasteiger partial charge in [-0.1, -0.05) is 17.7 Å². The van der Waals surface area contributed by atoms with Crippen molar-refractivity contribution in [2.24, 2.45) is 5.73 Å². The largest absolute Gasteiger partial charge is 0.457 e. The highest BCUT2D eigenvalue weighted by Gasteiger charge is 2.13. The van der Waals surface area contributed by atoms with Gasteiger partial charge in [0, 0.05) is 11.6 Å². The number of nitrogens with two attached hydrogens (primary N) is 1. The third-order valence-corrected chi connectivity index (χ3v) is 3.33. The van der Waals surface area contributed by atoms with E-state index in [1.165, 1.54) is 11.6 Å². The molecule has 106 valence electrons. The van der Waals surface area contributed by atoms with Gasteiger partial charge in [-0.25, -0.2) is 4.39 Å². The molecule has 3 heteroatoms. The molecule has 0 unspecified atom stereocenters. The molecule has 0 saturated heterocycles. The predicted octanol–water partition coefficient (Wildman–Crippen LogP) is 4.56. The first-order chi connectivity index (χ1) is 9.38. The fourth-order valence-electron chi connectivity index (χ4n) is 2.15. The molecule has 2 nitrogen and oxygen atoms in total. The molecule has 2 rings (SSSR count). The molecule has 0 aromatic heterocycles. The van der Waals surface area contributed by atoms with Crippen LogP contribution < -0.4 is 10.5 Å². The molecule has 0 bridgehead atoms. The van der Waals surface area contributed by atoms with Gasteiger partial charge in [-0.15, -0.1) is 0 Å². The summed E-state index contributed by atoms with van der Waals surface area (Å²) < 4.78 is 19.6. The Morgan fingerprint density at radius 2 is 1.70 bits per heavy atom. The lowest BCUT2D eigenvalue weighted by atomic mass is 10.0. The van der Waals surface area contributed by atoms with Crippen LogP contribution in [0.5, 0.6) is 11.5 Å². The minimum atomic E-state index is -0.286. The fourth-order valence-corrected chi connectivity index (χ4v) is 2.15. The van der Waals surface area contributed by atoms with Gasteiger partial charge in [-0.2, -0.15) is 0 Å². The van der Waals surface area contributed by atoms with Gasteiger partial charge in [0.15, 0.2) is 0 Å². The van der Waals surface area contributed by atoms with Crippen molar-refractivity contribution >= 4 is 0 Å². The van der Waals surface area contributed by atoms with Crippen LogP contribution in [0, 0.1) is 26.6 Å². The summed E-state index contributed by atoms with van der Waals surface area (Å²) in [4.78, 5) is 0. The van der Waals surface area contributed by atoms with Crippen LogP contribution in [-0.2, 0) is 0 Å². The lowest BCUT2D eigenvalue weighted by molar-refractivity contribution is 0.464. The second-order valence-corrected chi connectivity index (χ2v) is 5.30. The van der Waals surface area contributed by atoms with Crippen LogP contribution in [-0.4, -0.2) is 0 Å². The van der Waals surface area contributed by atoms with Crippen LogP contribution >= 0.6 is 0 Å². The van der Waals surface area contributed by atoms with E-state index in [1.54, 1.807) is 13.0 Å². The molecule has 0 saturated carbocycles. The van der Waals surface area contributed by atoms with Gasteiger partial charge < -0.3 is 10.5 Å². The molecule has 2 aromatic rings. The fraction of sp³-hybridized carbons (Fsp3) is 0.294. The lowest BCUT2D eigenvalue weighted by Crippen LogP contribution is -2.08. The van der Waals surface area contributed by atoms with Crippen LogP contribution in [0.1, 0.15) is 35.2 Å². The molecule has 0 aliphatic heterocycles. The minimum absolute atomic E-state index is 0.259. The van der Waals surface area contributed by atoms with Crippen molar-refractivity contribution in [3.8, 4) is 11.5 Å². The Labute approximate surface area is 119 Å². The van der Waals surface area contributed by atoms with E-state index in [4.69, 9.17) is 10.5 Å². The number of ether oxygens (including phenoxy) is 1. The molecule has 0 aliphatic carbocycles. The average Bonchev–Trinajstić information content (AvgIpc) is 2.36. The smallest absolute Gasteiger partial charge is 0.132 e. The second-order valence-electron chi connectivity index (χ2n) is 5.30. The summed E-state index contributed by atoms with van der Waals surface area (Å²) in [6.07, 6.45) is 0. The number of halogens is 1. The Hall–Kier alpha value is -1.87. The van der Waals surface area contributed by atoms with Crippen molar-refractivity contribution in [3.63, 3.8) is 0 Å². The molecule has 0 spiro atoms. The zero-order valence-electron chi connectivity index (χ0n) is 12.3. The highest BCUT2D eigenvalue weighted by Crippen LogP contribution is 2.32. The van der Waals surface area contributed by atoms with Gasteiger partial charge in [0.05, 0.1) is 0 Å². The summed E-state index contributed by atoms with van der Waals surface area (Å²) in [5.41, 5.74) is 9.35. The third-order valence-electron chi connectivity index (χ3n) is 3.33. The molecule has 20 heavy (non-hydrogen) atoms. The molecule has 0 amide bonds. The number of hydrogen-bond acceptors (Lipinski definition) is 2. The van der Waals surface area contributed by atoms with Gasteiger partial charge in [0.25, 0.3) is 0 Å². The highest BCUT2D eigenvalue weighted by molar-refractivity contribution is 5.45. The summed E-state index contributed by atoms with van der Waals surface area (Å²) in [6.45, 7) is 7.56. The number of aryl methyl sites for hydroxylation is 3. The topological polar surface area (TPSA) is 35.2 Å². The molecule has 2 N–H and O–H groups in total. The van der Waals surface area contributed by atoms with E-state index in [9.17, 15) is 4.39 Å². The Balaban J connectivity index is 2.44. The average molecular weight is 273 g/mol. The maximum atomic E-state index is 13.7. The van der Waals surface area contributed by atoms with Crippen molar-refractivity contribution in [1.29, 1.82) is 0 Å². The maximum absolute atomic E-state index is 13.7. The zero-order valence-corrected chi connectivity index (χ0v) is 12.3. The Morgan fingerprint density at radius 1 is 1.00 bits per heavy atom. The van der Waals surface area contributed by atoms with Crippen LogP contribution in [0.4, 0.5) is 4.39 Å². The van der Waals surface area contributed by atoms with Crippen molar-refractivity contribution in [3.05, 3.63) is 58.4 Å². The Bertz CT molecular complexity index is 635. The predicted molar refractivity (Wildman–Crippen MR) is 79.7 cm³/mol. The van der Waals surface area contributed by atoms with Crippen LogP contribution in [0.2, 0.25) is 0 Å². The number of benzene rings is 2. The summed E-state index contributed by atoms with van der Waals surface area (Å²) in [7, 11) is 0. The first-order valence-corrected chi connectivity index (χ1v) is 6.69. The highest BCUT2D eigenvalue weighted by atomic mass is 19.1. The van der Waals surface area contributed by atoms with Gasteiger partial charge >= 0.3 is 0 Å². The molecule has 0 radical (unpaired) electrons. The lowest BCUT2D eigenvalue weighted by Gasteiger charge is -2.16. The van der Waals surface area contributed by atoms with Crippen molar-refractivity contribution in [2.75, 3.05) is 0 Å². The summed E-state index contributed by atoms with van der Waals surface area (Å²) >= 11 is 0. The quantitative estimate of drug-likeness (QED) is 0.889. The van der Waals surface area contributed by atoms with Crippen LogP contribution in [0.3, 0.4) is 0 Å². The van der Waals surface area contributed by atoms with E-state index in [1.807, 2.05) is 32.9 Å². The summed E-state index contributed by atoms with van der Waals surface area (Å²) in [5.74, 6) is 1.12. The summed E-state index contributed by atoms with van der Waals surface area (Å²) in [6, 6.07) is 8.84. The SMILES string of the molecule is Cc1ccc(Oc2cc(C)c(F)cc2[C@H](C)N)c(C)c1. The molecule has 0 heterocycles. The third kappa shape index (κ3) is 2.99. The number of hydrogen-bond donors (Lipinski definition) is 1. The standard InChI is InChI=1S/C17H20FNO/c1-10-5-6-16(12(3)7-10)20-17-8-11(2)15(18)9-14(17)13(4)19/h5-9,13H,19H2,1-4H3/t13-/m0/s1. The van der Waals surface area contributed by atoms with Crippen molar-refractivity contribution < 1.29 is 9.13 Å². The Morgan fingerprint density at radius 3 is 2.30 bits per heavy atom. The van der Waals surface area contributed by atoms with Crippen molar-refractivity contribution in [1.82, 2.24) is 0 Å². The molecule has 1 atom stereocenters. The zero-order chi connectivity index (χ0) is 14.9. The molecule has 0 aliphatic rings. The van der Waals surface area contributed by atoms with Gasteiger partial charge in [0.2, 0.25) is 0 Å². The molecule has 2 aromatic carbocycles. The molecular weight excluding hydrogens is 253 g/mol. The monoisotopic (exact) mass is 273 g/mol. The van der Waals surface area contributed by atoms with E-state index in [2.05, 4.69) is 6.07 Å². The van der Waals surface area contributed by atoms with E-state index in [0.717, 1.165) is 11.3 Å². The normalized spacial score (nSPS) is 12.3. The first kappa shape index (κ1) is 14.5. The summed E-state index contributed by atoms with van der Waals surface area (Å²) in [5, 5.41) is 0. The van der Waals surface area contributed by atoms with E-state index >= 15 is 0 Å². The molecule has 0 fully saturated rings. The number of rotatable bonds is 3. The Kier molecular flexibility index (Phi) is 4.09. The van der Waals surface area contributed by atoms with E-state index in [0.29, 0.717) is 16.9 Å². The van der Waals surface area contributed by atoms with E-state index in [-0.39, 0.29) is 11.9 Å². The van der Waals surface area contributed by atoms with Crippen LogP contribution in [0.15, 0.2) is 30.3 Å². The second kappa shape index (κ2) is 5.63.